The zero-order valence-electron chi connectivity index (χ0n) is 17.1. The summed E-state index contributed by atoms with van der Waals surface area (Å²) in [4.78, 5) is 26.5. The summed E-state index contributed by atoms with van der Waals surface area (Å²) < 4.78 is 7.08. The van der Waals surface area contributed by atoms with Crippen molar-refractivity contribution in [3.8, 4) is 16.9 Å². The average Bonchev–Trinajstić information content (AvgIpc) is 2.77. The number of nitrogens with one attached hydrogen (secondary N) is 1. The minimum atomic E-state index is -0.312. The molecule has 0 aliphatic rings. The summed E-state index contributed by atoms with van der Waals surface area (Å²) >= 11 is 0. The minimum absolute atomic E-state index is 0.116. The van der Waals surface area contributed by atoms with Gasteiger partial charge in [0, 0.05) is 18.0 Å². The van der Waals surface area contributed by atoms with Gasteiger partial charge in [0.2, 0.25) is 0 Å². The number of amides is 1. The number of fused-ring (bicyclic) bond motifs is 1. The Labute approximate surface area is 174 Å². The topological polar surface area (TPSA) is 60.3 Å². The van der Waals surface area contributed by atoms with Crippen LogP contribution in [0.1, 0.15) is 15.9 Å². The molecule has 0 aliphatic heterocycles. The maximum atomic E-state index is 13.4. The number of nitrogens with zero attached hydrogens (tertiary/aromatic N) is 1. The van der Waals surface area contributed by atoms with Gasteiger partial charge in [0.05, 0.1) is 18.2 Å². The number of aromatic nitrogens is 1. The van der Waals surface area contributed by atoms with Crippen LogP contribution >= 0.6 is 0 Å². The van der Waals surface area contributed by atoms with E-state index in [2.05, 4.69) is 5.32 Å². The van der Waals surface area contributed by atoms with Crippen LogP contribution in [0.2, 0.25) is 0 Å². The van der Waals surface area contributed by atoms with Crippen LogP contribution in [0.25, 0.3) is 22.0 Å². The zero-order chi connectivity index (χ0) is 21.3. The molecule has 1 aromatic heterocycles. The molecule has 30 heavy (non-hydrogen) atoms. The fraction of sp³-hybridized carbons (Fsp3) is 0.120. The SMILES string of the molecule is COc1cccc(C(=O)Nc2c(-c3cccc(C)c3)c(=O)c3ccccc3n2C)c1. The lowest BCUT2D eigenvalue weighted by molar-refractivity contribution is 0.102. The molecule has 0 radical (unpaired) electrons. The third kappa shape index (κ3) is 3.46. The van der Waals surface area contributed by atoms with Gasteiger partial charge in [-0.25, -0.2) is 0 Å². The molecule has 0 saturated heterocycles. The Morgan fingerprint density at radius 2 is 1.73 bits per heavy atom. The van der Waals surface area contributed by atoms with E-state index in [1.54, 1.807) is 31.4 Å². The Hall–Kier alpha value is -3.86. The third-order valence-corrected chi connectivity index (χ3v) is 5.18. The van der Waals surface area contributed by atoms with Crippen LogP contribution in [0.5, 0.6) is 5.75 Å². The van der Waals surface area contributed by atoms with Crippen molar-refractivity contribution in [1.82, 2.24) is 4.57 Å². The molecule has 0 atom stereocenters. The molecule has 0 fully saturated rings. The molecule has 0 spiro atoms. The van der Waals surface area contributed by atoms with E-state index < -0.39 is 0 Å². The molecule has 5 heteroatoms. The summed E-state index contributed by atoms with van der Waals surface area (Å²) in [5.74, 6) is 0.735. The molecule has 4 aromatic rings. The van der Waals surface area contributed by atoms with Gasteiger partial charge in [0.1, 0.15) is 11.6 Å². The van der Waals surface area contributed by atoms with Crippen molar-refractivity contribution in [2.75, 3.05) is 12.4 Å². The molecular formula is C25H22N2O3. The molecule has 3 aromatic carbocycles. The summed E-state index contributed by atoms with van der Waals surface area (Å²) in [6, 6.07) is 22.0. The largest absolute Gasteiger partial charge is 0.497 e. The van der Waals surface area contributed by atoms with Gasteiger partial charge in [-0.15, -0.1) is 0 Å². The van der Waals surface area contributed by atoms with Crippen molar-refractivity contribution in [2.24, 2.45) is 7.05 Å². The number of anilines is 1. The molecule has 0 bridgehead atoms. The summed E-state index contributed by atoms with van der Waals surface area (Å²) in [6.45, 7) is 1.98. The van der Waals surface area contributed by atoms with Crippen molar-refractivity contribution in [3.63, 3.8) is 0 Å². The number of para-hydroxylation sites is 1. The number of rotatable bonds is 4. The van der Waals surface area contributed by atoms with E-state index in [4.69, 9.17) is 4.74 Å². The Kier molecular flexibility index (Phi) is 5.11. The Morgan fingerprint density at radius 3 is 2.50 bits per heavy atom. The van der Waals surface area contributed by atoms with Crippen LogP contribution in [0.3, 0.4) is 0 Å². The highest BCUT2D eigenvalue weighted by Crippen LogP contribution is 2.29. The number of pyridine rings is 1. The van der Waals surface area contributed by atoms with Gasteiger partial charge in [0.25, 0.3) is 5.91 Å². The van der Waals surface area contributed by atoms with E-state index in [-0.39, 0.29) is 11.3 Å². The predicted molar refractivity (Wildman–Crippen MR) is 120 cm³/mol. The number of hydrogen-bond donors (Lipinski definition) is 1. The molecule has 1 amide bonds. The van der Waals surface area contributed by atoms with Crippen LogP contribution in [0.4, 0.5) is 5.82 Å². The van der Waals surface area contributed by atoms with Gasteiger partial charge >= 0.3 is 0 Å². The number of carbonyl (C=O) groups excluding carboxylic acids is 1. The lowest BCUT2D eigenvalue weighted by atomic mass is 10.0. The number of ether oxygens (including phenoxy) is 1. The first-order valence-corrected chi connectivity index (χ1v) is 9.64. The number of hydrogen-bond acceptors (Lipinski definition) is 3. The highest BCUT2D eigenvalue weighted by molar-refractivity contribution is 6.07. The van der Waals surface area contributed by atoms with Gasteiger partial charge in [-0.05, 0) is 42.8 Å². The molecule has 1 heterocycles. The Balaban J connectivity index is 1.93. The molecule has 0 unspecified atom stereocenters. The number of carbonyl (C=O) groups is 1. The van der Waals surface area contributed by atoms with Gasteiger partial charge in [0.15, 0.2) is 5.43 Å². The summed E-state index contributed by atoms with van der Waals surface area (Å²) in [6.07, 6.45) is 0. The standard InChI is InChI=1S/C25H22N2O3/c1-16-8-6-9-17(14-16)22-23(28)20-12-4-5-13-21(20)27(2)24(22)26-25(29)18-10-7-11-19(15-18)30-3/h4-15H,1-3H3,(H,26,29). The molecule has 1 N–H and O–H groups in total. The van der Waals surface area contributed by atoms with Crippen LogP contribution in [0.15, 0.2) is 77.6 Å². The summed E-state index contributed by atoms with van der Waals surface area (Å²) in [5.41, 5.74) is 3.35. The fourth-order valence-electron chi connectivity index (χ4n) is 3.65. The lowest BCUT2D eigenvalue weighted by Crippen LogP contribution is -2.21. The number of benzene rings is 3. The van der Waals surface area contributed by atoms with Crippen LogP contribution in [-0.2, 0) is 7.05 Å². The van der Waals surface area contributed by atoms with Gasteiger partial charge < -0.3 is 14.6 Å². The number of methoxy groups -OCH3 is 1. The van der Waals surface area contributed by atoms with Crippen LogP contribution in [-0.4, -0.2) is 17.6 Å². The fourth-order valence-corrected chi connectivity index (χ4v) is 3.65. The van der Waals surface area contributed by atoms with E-state index in [9.17, 15) is 9.59 Å². The van der Waals surface area contributed by atoms with Gasteiger partial charge in [-0.2, -0.15) is 0 Å². The van der Waals surface area contributed by atoms with Crippen molar-refractivity contribution < 1.29 is 9.53 Å². The monoisotopic (exact) mass is 398 g/mol. The quantitative estimate of drug-likeness (QED) is 0.538. The third-order valence-electron chi connectivity index (χ3n) is 5.18. The molecule has 150 valence electrons. The van der Waals surface area contributed by atoms with E-state index in [1.807, 2.05) is 67.1 Å². The van der Waals surface area contributed by atoms with E-state index in [1.165, 1.54) is 0 Å². The average molecular weight is 398 g/mol. The van der Waals surface area contributed by atoms with Crippen molar-refractivity contribution in [3.05, 3.63) is 94.1 Å². The zero-order valence-corrected chi connectivity index (χ0v) is 17.1. The summed E-state index contributed by atoms with van der Waals surface area (Å²) in [7, 11) is 3.40. The number of aryl methyl sites for hydroxylation is 2. The first-order valence-electron chi connectivity index (χ1n) is 9.64. The second kappa shape index (κ2) is 7.87. The second-order valence-corrected chi connectivity index (χ2v) is 7.18. The van der Waals surface area contributed by atoms with Gasteiger partial charge in [-0.1, -0.05) is 48.0 Å². The molecular weight excluding hydrogens is 376 g/mol. The normalized spacial score (nSPS) is 10.8. The Morgan fingerprint density at radius 1 is 0.967 bits per heavy atom. The highest BCUT2D eigenvalue weighted by Gasteiger charge is 2.19. The highest BCUT2D eigenvalue weighted by atomic mass is 16.5. The maximum Gasteiger partial charge on any atom is 0.256 e. The maximum absolute atomic E-state index is 13.4. The lowest BCUT2D eigenvalue weighted by Gasteiger charge is -2.18. The first kappa shape index (κ1) is 19.5. The molecule has 0 aliphatic carbocycles. The van der Waals surface area contributed by atoms with E-state index >= 15 is 0 Å². The van der Waals surface area contributed by atoms with Crippen LogP contribution < -0.4 is 15.5 Å². The smallest absolute Gasteiger partial charge is 0.256 e. The first-order chi connectivity index (χ1) is 14.5. The van der Waals surface area contributed by atoms with E-state index in [0.29, 0.717) is 28.1 Å². The van der Waals surface area contributed by atoms with Crippen molar-refractivity contribution in [2.45, 2.75) is 6.92 Å². The predicted octanol–water partition coefficient (Wildman–Crippen LogP) is 4.77. The Bertz CT molecular complexity index is 1320. The van der Waals surface area contributed by atoms with Crippen molar-refractivity contribution >= 4 is 22.6 Å². The molecule has 5 nitrogen and oxygen atoms in total. The molecule has 0 saturated carbocycles. The minimum Gasteiger partial charge on any atom is -0.497 e. The summed E-state index contributed by atoms with van der Waals surface area (Å²) in [5, 5.41) is 3.57. The van der Waals surface area contributed by atoms with Crippen LogP contribution in [0, 0.1) is 6.92 Å². The van der Waals surface area contributed by atoms with E-state index in [0.717, 1.165) is 16.6 Å². The second-order valence-electron chi connectivity index (χ2n) is 7.18. The van der Waals surface area contributed by atoms with Crippen molar-refractivity contribution in [1.29, 1.82) is 0 Å². The molecule has 4 rings (SSSR count). The van der Waals surface area contributed by atoms with Gasteiger partial charge in [-0.3, -0.25) is 9.59 Å².